The molecule has 2 heterocycles. The highest BCUT2D eigenvalue weighted by molar-refractivity contribution is 7.22. The smallest absolute Gasteiger partial charge is 0.275 e. The van der Waals surface area contributed by atoms with Gasteiger partial charge in [0.2, 0.25) is 0 Å². The van der Waals surface area contributed by atoms with Crippen LogP contribution in [0, 0.1) is 5.41 Å². The van der Waals surface area contributed by atoms with Gasteiger partial charge in [-0.2, -0.15) is 0 Å². The van der Waals surface area contributed by atoms with Crippen LogP contribution in [0.2, 0.25) is 5.02 Å². The zero-order valence-electron chi connectivity index (χ0n) is 18.5. The Morgan fingerprint density at radius 3 is 2.50 bits per heavy atom. The predicted octanol–water partition coefficient (Wildman–Crippen LogP) is 6.59. The Bertz CT molecular complexity index is 1300. The number of rotatable bonds is 6. The summed E-state index contributed by atoms with van der Waals surface area (Å²) in [7, 11) is 1.59. The lowest BCUT2D eigenvalue weighted by atomic mass is 9.93. The second kappa shape index (κ2) is 8.96. The summed E-state index contributed by atoms with van der Waals surface area (Å²) in [5.41, 5.74) is 2.42. The molecule has 7 heteroatoms. The number of benzene rings is 2. The number of nitrogens with zero attached hydrogens (tertiary/aromatic N) is 2. The fourth-order valence-electron chi connectivity index (χ4n) is 3.25. The van der Waals surface area contributed by atoms with Crippen molar-refractivity contribution in [2.24, 2.45) is 5.41 Å². The monoisotopic (exact) mass is 468 g/mol. The van der Waals surface area contributed by atoms with Gasteiger partial charge in [-0.25, -0.2) is 4.98 Å². The van der Waals surface area contributed by atoms with E-state index < -0.39 is 0 Å². The summed E-state index contributed by atoms with van der Waals surface area (Å²) in [6, 6.07) is 15.0. The minimum absolute atomic E-state index is 0.122. The quantitative estimate of drug-likeness (QED) is 0.320. The first kappa shape index (κ1) is 22.4. The van der Waals surface area contributed by atoms with Crippen LogP contribution in [0.5, 0.6) is 11.5 Å². The van der Waals surface area contributed by atoms with Gasteiger partial charge in [-0.1, -0.05) is 44.5 Å². The fraction of sp³-hybridized carbons (Fsp3) is 0.280. The second-order valence-electron chi connectivity index (χ2n) is 8.75. The third-order valence-electron chi connectivity index (χ3n) is 5.10. The Morgan fingerprint density at radius 2 is 1.81 bits per heavy atom. The topological polar surface area (TPSA) is 53.4 Å². The molecule has 5 nitrogen and oxygen atoms in total. The molecule has 0 amide bonds. The lowest BCUT2D eigenvalue weighted by molar-refractivity contribution is 0.234. The fourth-order valence-corrected chi connectivity index (χ4v) is 4.42. The molecule has 0 N–H and O–H groups in total. The van der Waals surface area contributed by atoms with E-state index in [1.54, 1.807) is 19.5 Å². The van der Waals surface area contributed by atoms with E-state index in [0.717, 1.165) is 16.9 Å². The van der Waals surface area contributed by atoms with Crippen molar-refractivity contribution in [3.63, 3.8) is 0 Å². The van der Waals surface area contributed by atoms with Gasteiger partial charge in [0.05, 0.1) is 24.9 Å². The predicted molar refractivity (Wildman–Crippen MR) is 132 cm³/mol. The molecule has 0 saturated heterocycles. The van der Waals surface area contributed by atoms with E-state index in [9.17, 15) is 4.79 Å². The molecule has 166 valence electrons. The maximum Gasteiger partial charge on any atom is 0.275 e. The van der Waals surface area contributed by atoms with Crippen LogP contribution in [0.15, 0.2) is 59.7 Å². The maximum absolute atomic E-state index is 13.2. The highest BCUT2D eigenvalue weighted by Crippen LogP contribution is 2.33. The van der Waals surface area contributed by atoms with Gasteiger partial charge in [0.25, 0.3) is 5.56 Å². The van der Waals surface area contributed by atoms with Gasteiger partial charge in [-0.15, -0.1) is 11.3 Å². The van der Waals surface area contributed by atoms with Gasteiger partial charge in [0.1, 0.15) is 11.0 Å². The van der Waals surface area contributed by atoms with Crippen LogP contribution in [-0.2, 0) is 0 Å². The summed E-state index contributed by atoms with van der Waals surface area (Å²) in [6.07, 6.45) is 2.48. The Hall–Kier alpha value is -2.83. The average molecular weight is 469 g/mol. The van der Waals surface area contributed by atoms with Crippen LogP contribution in [-0.4, -0.2) is 23.3 Å². The summed E-state index contributed by atoms with van der Waals surface area (Å²) >= 11 is 7.42. The molecule has 4 rings (SSSR count). The standard InChI is InChI=1S/C25H25ClN2O3S/c1-25(2,3)11-12-31-20-10-9-18(13-21(20)30-4)28-15-27-19-14-22(32-23(19)24(28)29)16-5-7-17(26)8-6-16/h5-10,13-15H,11-12H2,1-4H3. The number of thiophene rings is 1. The number of methoxy groups -OCH3 is 1. The van der Waals surface area contributed by atoms with E-state index in [1.807, 2.05) is 42.5 Å². The number of hydrogen-bond acceptors (Lipinski definition) is 5. The van der Waals surface area contributed by atoms with Crippen LogP contribution in [0.1, 0.15) is 27.2 Å². The van der Waals surface area contributed by atoms with Crippen molar-refractivity contribution in [1.82, 2.24) is 9.55 Å². The zero-order chi connectivity index (χ0) is 22.9. The SMILES string of the molecule is COc1cc(-n2cnc3cc(-c4ccc(Cl)cc4)sc3c2=O)ccc1OCCC(C)(C)C. The Balaban J connectivity index is 1.66. The first-order chi connectivity index (χ1) is 15.2. The Kier molecular flexibility index (Phi) is 6.26. The molecule has 4 aromatic rings. The summed E-state index contributed by atoms with van der Waals surface area (Å²) < 4.78 is 13.6. The van der Waals surface area contributed by atoms with Crippen LogP contribution >= 0.6 is 22.9 Å². The van der Waals surface area contributed by atoms with Crippen LogP contribution in [0.3, 0.4) is 0 Å². The van der Waals surface area contributed by atoms with E-state index in [4.69, 9.17) is 21.1 Å². The third-order valence-corrected chi connectivity index (χ3v) is 6.51. The molecule has 0 fully saturated rings. The minimum atomic E-state index is -0.122. The van der Waals surface area contributed by atoms with Crippen molar-refractivity contribution in [3.05, 3.63) is 70.2 Å². The first-order valence-electron chi connectivity index (χ1n) is 10.3. The van der Waals surface area contributed by atoms with Crippen LogP contribution < -0.4 is 15.0 Å². The lowest BCUT2D eigenvalue weighted by Crippen LogP contribution is -2.17. The number of halogens is 1. The molecule has 0 spiro atoms. The molecule has 0 aliphatic carbocycles. The molecule has 0 saturated carbocycles. The highest BCUT2D eigenvalue weighted by atomic mass is 35.5. The molecule has 0 bridgehead atoms. The minimum Gasteiger partial charge on any atom is -0.493 e. The average Bonchev–Trinajstić information content (AvgIpc) is 3.19. The first-order valence-corrected chi connectivity index (χ1v) is 11.5. The van der Waals surface area contributed by atoms with Gasteiger partial charge in [0, 0.05) is 16.0 Å². The van der Waals surface area contributed by atoms with Crippen molar-refractivity contribution in [2.75, 3.05) is 13.7 Å². The van der Waals surface area contributed by atoms with E-state index in [0.29, 0.717) is 39.0 Å². The van der Waals surface area contributed by atoms with Gasteiger partial charge >= 0.3 is 0 Å². The molecule has 2 aromatic heterocycles. The van der Waals surface area contributed by atoms with Crippen molar-refractivity contribution in [3.8, 4) is 27.6 Å². The van der Waals surface area contributed by atoms with Crippen molar-refractivity contribution in [1.29, 1.82) is 0 Å². The summed E-state index contributed by atoms with van der Waals surface area (Å²) in [5.74, 6) is 1.24. The summed E-state index contributed by atoms with van der Waals surface area (Å²) in [6.45, 7) is 7.12. The van der Waals surface area contributed by atoms with E-state index >= 15 is 0 Å². The third kappa shape index (κ3) is 4.81. The van der Waals surface area contributed by atoms with E-state index in [2.05, 4.69) is 25.8 Å². The Morgan fingerprint density at radius 1 is 1.06 bits per heavy atom. The van der Waals surface area contributed by atoms with Gasteiger partial charge in [0.15, 0.2) is 11.5 Å². The number of hydrogen-bond donors (Lipinski definition) is 0. The molecule has 0 unspecified atom stereocenters. The van der Waals surface area contributed by atoms with Crippen LogP contribution in [0.25, 0.3) is 26.3 Å². The zero-order valence-corrected chi connectivity index (χ0v) is 20.1. The second-order valence-corrected chi connectivity index (χ2v) is 10.2. The molecular weight excluding hydrogens is 444 g/mol. The van der Waals surface area contributed by atoms with Crippen molar-refractivity contribution >= 4 is 33.2 Å². The molecule has 0 radical (unpaired) electrons. The molecular formula is C25H25ClN2O3S. The van der Waals surface area contributed by atoms with E-state index in [1.165, 1.54) is 15.9 Å². The summed E-state index contributed by atoms with van der Waals surface area (Å²) in [5, 5.41) is 0.676. The van der Waals surface area contributed by atoms with E-state index in [-0.39, 0.29) is 11.0 Å². The van der Waals surface area contributed by atoms with Gasteiger partial charge in [-0.05, 0) is 47.7 Å². The highest BCUT2D eigenvalue weighted by Gasteiger charge is 2.15. The van der Waals surface area contributed by atoms with Gasteiger partial charge < -0.3 is 9.47 Å². The summed E-state index contributed by atoms with van der Waals surface area (Å²) in [4.78, 5) is 18.7. The largest absolute Gasteiger partial charge is 0.493 e. The molecule has 0 aliphatic rings. The maximum atomic E-state index is 13.2. The van der Waals surface area contributed by atoms with Crippen LogP contribution in [0.4, 0.5) is 0 Å². The van der Waals surface area contributed by atoms with Crippen molar-refractivity contribution in [2.45, 2.75) is 27.2 Å². The number of ether oxygens (including phenoxy) is 2. The molecule has 32 heavy (non-hydrogen) atoms. The number of fused-ring (bicyclic) bond motifs is 1. The lowest BCUT2D eigenvalue weighted by Gasteiger charge is -2.19. The van der Waals surface area contributed by atoms with Gasteiger partial charge in [-0.3, -0.25) is 9.36 Å². The van der Waals surface area contributed by atoms with Crippen molar-refractivity contribution < 1.29 is 9.47 Å². The normalized spacial score (nSPS) is 11.7. The number of aromatic nitrogens is 2. The molecule has 2 aromatic carbocycles. The molecule has 0 aliphatic heterocycles. The Labute approximate surface area is 196 Å². The molecule has 0 atom stereocenters.